The van der Waals surface area contributed by atoms with Gasteiger partial charge in [0.1, 0.15) is 18.1 Å². The Hall–Kier alpha value is -3.28. The minimum absolute atomic E-state index is 0.147. The summed E-state index contributed by atoms with van der Waals surface area (Å²) in [4.78, 5) is 26.3. The lowest BCUT2D eigenvalue weighted by Gasteiger charge is -2.12. The summed E-state index contributed by atoms with van der Waals surface area (Å²) in [5.74, 6) is 0.0938. The molecule has 5 nitrogen and oxygen atoms in total. The predicted octanol–water partition coefficient (Wildman–Crippen LogP) is 5.67. The summed E-state index contributed by atoms with van der Waals surface area (Å²) < 4.78 is 5.92. The van der Waals surface area contributed by atoms with Gasteiger partial charge in [-0.05, 0) is 36.4 Å². The first-order chi connectivity index (χ1) is 14.5. The highest BCUT2D eigenvalue weighted by Gasteiger charge is 2.35. The summed E-state index contributed by atoms with van der Waals surface area (Å²) in [6, 6.07) is 20.7. The molecular weight excluding hydrogens is 423 g/mol. The van der Waals surface area contributed by atoms with Crippen molar-refractivity contribution in [3.05, 3.63) is 99.7 Å². The van der Waals surface area contributed by atoms with Crippen LogP contribution in [0.1, 0.15) is 11.1 Å². The third-order valence-corrected chi connectivity index (χ3v) is 5.11. The van der Waals surface area contributed by atoms with Gasteiger partial charge >= 0.3 is 6.03 Å². The van der Waals surface area contributed by atoms with Crippen LogP contribution in [0.2, 0.25) is 10.0 Å². The number of nitrogens with zero attached hydrogens (tertiary/aromatic N) is 1. The van der Waals surface area contributed by atoms with E-state index in [0.717, 1.165) is 10.5 Å². The van der Waals surface area contributed by atoms with Gasteiger partial charge in [0.05, 0.1) is 5.69 Å². The highest BCUT2D eigenvalue weighted by atomic mass is 35.5. The molecule has 3 amide bonds. The number of benzene rings is 3. The van der Waals surface area contributed by atoms with Crippen LogP contribution in [0, 0.1) is 0 Å². The summed E-state index contributed by atoms with van der Waals surface area (Å²) >= 11 is 12.2. The van der Waals surface area contributed by atoms with E-state index < -0.39 is 11.9 Å². The van der Waals surface area contributed by atoms with Crippen molar-refractivity contribution in [2.24, 2.45) is 0 Å². The average molecular weight is 439 g/mol. The Morgan fingerprint density at radius 3 is 2.50 bits per heavy atom. The van der Waals surface area contributed by atoms with Crippen LogP contribution in [0.15, 0.2) is 78.5 Å². The molecule has 4 rings (SSSR count). The number of anilines is 1. The molecule has 1 N–H and O–H groups in total. The van der Waals surface area contributed by atoms with Crippen molar-refractivity contribution in [2.75, 3.05) is 4.90 Å². The monoisotopic (exact) mass is 438 g/mol. The first kappa shape index (κ1) is 20.0. The van der Waals surface area contributed by atoms with Crippen molar-refractivity contribution in [3.63, 3.8) is 0 Å². The number of urea groups is 1. The fraction of sp³-hybridized carbons (Fsp3) is 0.0435. The zero-order chi connectivity index (χ0) is 21.1. The first-order valence-electron chi connectivity index (χ1n) is 9.11. The molecule has 0 unspecified atom stereocenters. The number of rotatable bonds is 5. The van der Waals surface area contributed by atoms with Crippen molar-refractivity contribution in [1.29, 1.82) is 0 Å². The lowest BCUT2D eigenvalue weighted by Crippen LogP contribution is -2.30. The molecule has 1 saturated heterocycles. The van der Waals surface area contributed by atoms with Crippen molar-refractivity contribution in [2.45, 2.75) is 6.61 Å². The Morgan fingerprint density at radius 1 is 0.933 bits per heavy atom. The number of carbonyl (C=O) groups excluding carboxylic acids is 2. The SMILES string of the molecule is O=C1N/C(=C/c2ccccc2OCc2ccccc2Cl)C(=O)N1c1cccc(Cl)c1. The Balaban J connectivity index is 1.59. The van der Waals surface area contributed by atoms with Gasteiger partial charge in [-0.1, -0.05) is 65.7 Å². The van der Waals surface area contributed by atoms with Gasteiger partial charge in [-0.3, -0.25) is 4.79 Å². The summed E-state index contributed by atoms with van der Waals surface area (Å²) in [5.41, 5.74) is 2.05. The number of hydrogen-bond acceptors (Lipinski definition) is 3. The predicted molar refractivity (Wildman–Crippen MR) is 118 cm³/mol. The van der Waals surface area contributed by atoms with Crippen LogP contribution in [0.4, 0.5) is 10.5 Å². The summed E-state index contributed by atoms with van der Waals surface area (Å²) in [7, 11) is 0. The van der Waals surface area contributed by atoms with Crippen LogP contribution in [0.25, 0.3) is 6.08 Å². The second-order valence-electron chi connectivity index (χ2n) is 6.53. The fourth-order valence-electron chi connectivity index (χ4n) is 3.04. The second kappa shape index (κ2) is 8.61. The Labute approximate surface area is 183 Å². The zero-order valence-corrected chi connectivity index (χ0v) is 17.2. The van der Waals surface area contributed by atoms with E-state index in [0.29, 0.717) is 27.0 Å². The number of hydrogen-bond donors (Lipinski definition) is 1. The maximum atomic E-state index is 12.8. The van der Waals surface area contributed by atoms with Crippen molar-refractivity contribution < 1.29 is 14.3 Å². The quantitative estimate of drug-likeness (QED) is 0.412. The van der Waals surface area contributed by atoms with E-state index in [-0.39, 0.29) is 12.3 Å². The van der Waals surface area contributed by atoms with E-state index in [1.165, 1.54) is 0 Å². The molecule has 0 bridgehead atoms. The summed E-state index contributed by atoms with van der Waals surface area (Å²) in [6.45, 7) is 0.273. The molecule has 0 aliphatic carbocycles. The van der Waals surface area contributed by atoms with Gasteiger partial charge in [0.25, 0.3) is 5.91 Å². The summed E-state index contributed by atoms with van der Waals surface area (Å²) in [6.07, 6.45) is 1.59. The smallest absolute Gasteiger partial charge is 0.333 e. The van der Waals surface area contributed by atoms with Crippen LogP contribution >= 0.6 is 23.2 Å². The minimum Gasteiger partial charge on any atom is -0.488 e. The second-order valence-corrected chi connectivity index (χ2v) is 7.37. The van der Waals surface area contributed by atoms with Crippen LogP contribution in [-0.2, 0) is 11.4 Å². The van der Waals surface area contributed by atoms with E-state index in [2.05, 4.69) is 5.32 Å². The maximum Gasteiger partial charge on any atom is 0.333 e. The normalized spacial score (nSPS) is 14.9. The molecule has 1 aliphatic rings. The Kier molecular flexibility index (Phi) is 5.74. The molecule has 1 heterocycles. The Bertz CT molecular complexity index is 1160. The molecular formula is C23H16Cl2N2O3. The molecule has 30 heavy (non-hydrogen) atoms. The lowest BCUT2D eigenvalue weighted by atomic mass is 10.1. The number of ether oxygens (including phenoxy) is 1. The molecule has 3 aromatic carbocycles. The van der Waals surface area contributed by atoms with Gasteiger partial charge in [0.2, 0.25) is 0 Å². The topological polar surface area (TPSA) is 58.6 Å². The van der Waals surface area contributed by atoms with E-state index in [1.807, 2.05) is 30.3 Å². The molecule has 1 fully saturated rings. The van der Waals surface area contributed by atoms with Crippen LogP contribution in [0.5, 0.6) is 5.75 Å². The first-order valence-corrected chi connectivity index (χ1v) is 9.86. The van der Waals surface area contributed by atoms with Gasteiger partial charge < -0.3 is 10.1 Å². The van der Waals surface area contributed by atoms with E-state index >= 15 is 0 Å². The van der Waals surface area contributed by atoms with Crippen LogP contribution < -0.4 is 15.0 Å². The van der Waals surface area contributed by atoms with Crippen molar-refractivity contribution in [3.8, 4) is 5.75 Å². The lowest BCUT2D eigenvalue weighted by molar-refractivity contribution is -0.113. The number of halogens is 2. The zero-order valence-electron chi connectivity index (χ0n) is 15.6. The van der Waals surface area contributed by atoms with Crippen molar-refractivity contribution >= 4 is 46.9 Å². The van der Waals surface area contributed by atoms with Crippen LogP contribution in [-0.4, -0.2) is 11.9 Å². The highest BCUT2D eigenvalue weighted by molar-refractivity contribution is 6.32. The highest BCUT2D eigenvalue weighted by Crippen LogP contribution is 2.28. The number of amides is 3. The number of carbonyl (C=O) groups is 2. The van der Waals surface area contributed by atoms with Gasteiger partial charge in [0.15, 0.2) is 0 Å². The van der Waals surface area contributed by atoms with E-state index in [1.54, 1.807) is 48.5 Å². The fourth-order valence-corrected chi connectivity index (χ4v) is 3.42. The van der Waals surface area contributed by atoms with Gasteiger partial charge in [0, 0.05) is 21.2 Å². The van der Waals surface area contributed by atoms with Gasteiger partial charge in [-0.2, -0.15) is 0 Å². The molecule has 0 saturated carbocycles. The van der Waals surface area contributed by atoms with E-state index in [4.69, 9.17) is 27.9 Å². The minimum atomic E-state index is -0.539. The van der Waals surface area contributed by atoms with Gasteiger partial charge in [-0.25, -0.2) is 9.69 Å². The standard InChI is InChI=1S/C23H16Cl2N2O3/c24-17-8-5-9-18(13-17)27-22(28)20(26-23(27)29)12-15-6-2-4-11-21(15)30-14-16-7-1-3-10-19(16)25/h1-13H,14H2,(H,26,29)/b20-12+. The molecule has 0 aromatic heterocycles. The van der Waals surface area contributed by atoms with E-state index in [9.17, 15) is 9.59 Å². The molecule has 150 valence electrons. The number of para-hydroxylation sites is 1. The number of imide groups is 1. The van der Waals surface area contributed by atoms with Crippen LogP contribution in [0.3, 0.4) is 0 Å². The molecule has 0 spiro atoms. The molecule has 0 atom stereocenters. The molecule has 1 aliphatic heterocycles. The summed E-state index contributed by atoms with van der Waals surface area (Å²) in [5, 5.41) is 3.66. The third-order valence-electron chi connectivity index (χ3n) is 4.50. The van der Waals surface area contributed by atoms with Crippen molar-refractivity contribution in [1.82, 2.24) is 5.32 Å². The largest absolute Gasteiger partial charge is 0.488 e. The third kappa shape index (κ3) is 4.17. The molecule has 0 radical (unpaired) electrons. The average Bonchev–Trinajstić information content (AvgIpc) is 3.01. The number of nitrogens with one attached hydrogen (secondary N) is 1. The van der Waals surface area contributed by atoms with Gasteiger partial charge in [-0.15, -0.1) is 0 Å². The Morgan fingerprint density at radius 2 is 1.70 bits per heavy atom. The maximum absolute atomic E-state index is 12.8. The molecule has 3 aromatic rings. The molecule has 7 heteroatoms.